The van der Waals surface area contributed by atoms with E-state index < -0.39 is 0 Å². The van der Waals surface area contributed by atoms with Crippen LogP contribution in [0.1, 0.15) is 15.9 Å². The second-order valence-electron chi connectivity index (χ2n) is 5.90. The van der Waals surface area contributed by atoms with Crippen molar-refractivity contribution in [3.8, 4) is 45.6 Å². The summed E-state index contributed by atoms with van der Waals surface area (Å²) >= 11 is 0. The van der Waals surface area contributed by atoms with Gasteiger partial charge in [-0.1, -0.05) is 6.08 Å². The van der Waals surface area contributed by atoms with Crippen molar-refractivity contribution in [2.75, 3.05) is 27.8 Å². The first-order chi connectivity index (χ1) is 13.2. The minimum atomic E-state index is 0.0607. The first kappa shape index (κ1) is 17.1. The van der Waals surface area contributed by atoms with Crippen LogP contribution in [0.3, 0.4) is 0 Å². The highest BCUT2D eigenvalue weighted by Gasteiger charge is 2.32. The zero-order chi connectivity index (χ0) is 19.0. The zero-order valence-corrected chi connectivity index (χ0v) is 15.0. The lowest BCUT2D eigenvalue weighted by Crippen LogP contribution is -2.02. The number of methoxy groups -OCH3 is 2. The van der Waals surface area contributed by atoms with E-state index in [9.17, 15) is 4.79 Å². The smallest absolute Gasteiger partial charge is 0.231 e. The van der Waals surface area contributed by atoms with Gasteiger partial charge in [-0.3, -0.25) is 4.79 Å². The fourth-order valence-corrected chi connectivity index (χ4v) is 3.43. The first-order valence-corrected chi connectivity index (χ1v) is 8.30. The summed E-state index contributed by atoms with van der Waals surface area (Å²) in [6.07, 6.45) is 3.04. The number of carbonyl (C=O) groups excluding carboxylic acids is 1. The number of ether oxygens (including phenoxy) is 6. The van der Waals surface area contributed by atoms with Crippen LogP contribution in [0.2, 0.25) is 0 Å². The van der Waals surface area contributed by atoms with Crippen molar-refractivity contribution in [2.45, 2.75) is 6.42 Å². The van der Waals surface area contributed by atoms with Crippen LogP contribution in [-0.2, 0) is 6.42 Å². The first-order valence-electron chi connectivity index (χ1n) is 8.30. The Hall–Kier alpha value is -3.35. The van der Waals surface area contributed by atoms with Crippen molar-refractivity contribution < 1.29 is 33.2 Å². The van der Waals surface area contributed by atoms with Gasteiger partial charge in [-0.15, -0.1) is 6.58 Å². The van der Waals surface area contributed by atoms with E-state index in [-0.39, 0.29) is 13.6 Å². The number of benzene rings is 2. The van der Waals surface area contributed by atoms with Crippen molar-refractivity contribution in [3.63, 3.8) is 0 Å². The van der Waals surface area contributed by atoms with Crippen molar-refractivity contribution in [3.05, 3.63) is 35.9 Å². The van der Waals surface area contributed by atoms with Gasteiger partial charge < -0.3 is 28.4 Å². The second kappa shape index (κ2) is 6.75. The van der Waals surface area contributed by atoms with E-state index in [0.717, 1.165) is 11.8 Å². The standard InChI is InChI=1S/C20H18O7/c1-4-5-11-6-13-17(26-9-24-13)19(22-2)15(11)16-12(8-21)7-14-18(20(16)23-3)27-10-25-14/h4,6-8H,1,5,9-10H2,2-3H3. The molecular weight excluding hydrogens is 352 g/mol. The number of fused-ring (bicyclic) bond motifs is 2. The van der Waals surface area contributed by atoms with Crippen LogP contribution >= 0.6 is 0 Å². The third-order valence-corrected chi connectivity index (χ3v) is 4.50. The lowest BCUT2D eigenvalue weighted by Gasteiger charge is -2.20. The molecule has 0 bridgehead atoms. The highest BCUT2D eigenvalue weighted by atomic mass is 16.7. The van der Waals surface area contributed by atoms with Gasteiger partial charge in [-0.2, -0.15) is 0 Å². The lowest BCUT2D eigenvalue weighted by molar-refractivity contribution is 0.112. The maximum Gasteiger partial charge on any atom is 0.231 e. The van der Waals surface area contributed by atoms with E-state index in [1.54, 1.807) is 19.3 Å². The fourth-order valence-electron chi connectivity index (χ4n) is 3.43. The van der Waals surface area contributed by atoms with Crippen LogP contribution in [-0.4, -0.2) is 34.1 Å². The molecule has 0 aromatic heterocycles. The fraction of sp³-hybridized carbons (Fsp3) is 0.250. The molecule has 4 rings (SSSR count). The second-order valence-corrected chi connectivity index (χ2v) is 5.90. The third-order valence-electron chi connectivity index (χ3n) is 4.50. The molecule has 7 nitrogen and oxygen atoms in total. The molecular formula is C20H18O7. The van der Waals surface area contributed by atoms with Gasteiger partial charge in [0.2, 0.25) is 25.1 Å². The van der Waals surface area contributed by atoms with Crippen molar-refractivity contribution in [2.24, 2.45) is 0 Å². The molecule has 0 spiro atoms. The van der Waals surface area contributed by atoms with E-state index >= 15 is 0 Å². The molecule has 2 aromatic carbocycles. The molecule has 0 fully saturated rings. The molecule has 140 valence electrons. The minimum Gasteiger partial charge on any atom is -0.492 e. The molecule has 0 aliphatic carbocycles. The normalized spacial score (nSPS) is 13.4. The van der Waals surface area contributed by atoms with Crippen molar-refractivity contribution in [1.29, 1.82) is 0 Å². The molecule has 2 aliphatic rings. The molecule has 7 heteroatoms. The highest BCUT2D eigenvalue weighted by Crippen LogP contribution is 2.55. The van der Waals surface area contributed by atoms with E-state index in [1.807, 2.05) is 6.07 Å². The van der Waals surface area contributed by atoms with Gasteiger partial charge in [0.25, 0.3) is 0 Å². The molecule has 0 N–H and O–H groups in total. The summed E-state index contributed by atoms with van der Waals surface area (Å²) in [6.45, 7) is 3.98. The van der Waals surface area contributed by atoms with Crippen LogP contribution < -0.4 is 28.4 Å². The molecule has 0 atom stereocenters. The lowest BCUT2D eigenvalue weighted by atomic mass is 9.91. The molecule has 0 radical (unpaired) electrons. The summed E-state index contributed by atoms with van der Waals surface area (Å²) in [5, 5.41) is 0. The van der Waals surface area contributed by atoms with Crippen LogP contribution in [0.5, 0.6) is 34.5 Å². The van der Waals surface area contributed by atoms with Crippen molar-refractivity contribution >= 4 is 6.29 Å². The van der Waals surface area contributed by atoms with Gasteiger partial charge in [0.15, 0.2) is 29.3 Å². The third kappa shape index (κ3) is 2.54. The molecule has 2 heterocycles. The maximum atomic E-state index is 11.9. The number of allylic oxidation sites excluding steroid dienone is 1. The maximum absolute atomic E-state index is 11.9. The summed E-state index contributed by atoms with van der Waals surface area (Å²) in [7, 11) is 3.06. The summed E-state index contributed by atoms with van der Waals surface area (Å²) in [6, 6.07) is 3.50. The number of rotatable bonds is 6. The predicted octanol–water partition coefficient (Wildman–Crippen LogP) is 3.37. The molecule has 2 aliphatic heterocycles. The van der Waals surface area contributed by atoms with Gasteiger partial charge in [0.1, 0.15) is 0 Å². The van der Waals surface area contributed by atoms with Gasteiger partial charge >= 0.3 is 0 Å². The Bertz CT molecular complexity index is 933. The van der Waals surface area contributed by atoms with Crippen LogP contribution in [0, 0.1) is 0 Å². The average Bonchev–Trinajstić information content (AvgIpc) is 3.34. The Kier molecular flexibility index (Phi) is 4.27. The van der Waals surface area contributed by atoms with E-state index in [0.29, 0.717) is 57.6 Å². The van der Waals surface area contributed by atoms with E-state index in [2.05, 4.69) is 6.58 Å². The van der Waals surface area contributed by atoms with Crippen LogP contribution in [0.15, 0.2) is 24.8 Å². The SMILES string of the molecule is C=CCc1cc2c(c(OC)c1-c1c(C=O)cc3c(c1OC)OCO3)OCO2. The molecule has 27 heavy (non-hydrogen) atoms. The summed E-state index contributed by atoms with van der Waals surface area (Å²) in [4.78, 5) is 11.9. The van der Waals surface area contributed by atoms with Gasteiger partial charge in [-0.25, -0.2) is 0 Å². The number of carbonyl (C=O) groups is 1. The average molecular weight is 370 g/mol. The van der Waals surface area contributed by atoms with E-state index in [1.165, 1.54) is 7.11 Å². The van der Waals surface area contributed by atoms with Gasteiger partial charge in [0.05, 0.1) is 14.2 Å². The van der Waals surface area contributed by atoms with Gasteiger partial charge in [-0.05, 0) is 24.1 Å². The number of hydrogen-bond donors (Lipinski definition) is 0. The Balaban J connectivity index is 2.10. The van der Waals surface area contributed by atoms with E-state index in [4.69, 9.17) is 28.4 Å². The molecule has 0 saturated heterocycles. The minimum absolute atomic E-state index is 0.0607. The largest absolute Gasteiger partial charge is 0.492 e. The van der Waals surface area contributed by atoms with Crippen LogP contribution in [0.25, 0.3) is 11.1 Å². The summed E-state index contributed by atoms with van der Waals surface area (Å²) in [5.74, 6) is 2.83. The number of hydrogen-bond acceptors (Lipinski definition) is 7. The Labute approximate surface area is 156 Å². The molecule has 0 amide bonds. The number of aldehydes is 1. The molecule has 0 saturated carbocycles. The monoisotopic (exact) mass is 370 g/mol. The highest BCUT2D eigenvalue weighted by molar-refractivity contribution is 5.97. The molecule has 0 unspecified atom stereocenters. The summed E-state index contributed by atoms with van der Waals surface area (Å²) < 4.78 is 33.4. The van der Waals surface area contributed by atoms with Crippen LogP contribution in [0.4, 0.5) is 0 Å². The topological polar surface area (TPSA) is 72.5 Å². The Morgan fingerprint density at radius 2 is 1.56 bits per heavy atom. The Morgan fingerprint density at radius 3 is 2.11 bits per heavy atom. The zero-order valence-electron chi connectivity index (χ0n) is 15.0. The summed E-state index contributed by atoms with van der Waals surface area (Å²) in [5.41, 5.74) is 2.45. The van der Waals surface area contributed by atoms with Crippen molar-refractivity contribution in [1.82, 2.24) is 0 Å². The quantitative estimate of drug-likeness (QED) is 0.570. The predicted molar refractivity (Wildman–Crippen MR) is 96.5 cm³/mol. The Morgan fingerprint density at radius 1 is 0.963 bits per heavy atom. The van der Waals surface area contributed by atoms with Gasteiger partial charge in [0, 0.05) is 16.7 Å². The molecule has 2 aromatic rings.